The minimum Gasteiger partial charge on any atom is -0.394 e. The molecule has 0 saturated heterocycles. The smallest absolute Gasteiger partial charge is 0.220 e. The molecule has 0 aliphatic carbocycles. The molecule has 0 aromatic carbocycles. The van der Waals surface area contributed by atoms with Gasteiger partial charge in [0.1, 0.15) is 0 Å². The number of aliphatic hydroxyl groups excluding tert-OH is 2. The summed E-state index contributed by atoms with van der Waals surface area (Å²) >= 11 is 0. The third-order valence-corrected chi connectivity index (χ3v) is 13.5. The van der Waals surface area contributed by atoms with Crippen molar-refractivity contribution >= 4 is 5.91 Å². The SMILES string of the molecule is CCCCCCCCC/C=C\CCCCCCCCCC(=O)NC(CO)C(O)CCCCCCCCCCCCCCCCCCCCCCCCCCCCCCCCC. The molecule has 0 heterocycles. The third kappa shape index (κ3) is 50.0. The second-order valence-electron chi connectivity index (χ2n) is 19.7. The Balaban J connectivity index is 3.40. The van der Waals surface area contributed by atoms with Crippen molar-refractivity contribution in [2.45, 2.75) is 341 Å². The minimum absolute atomic E-state index is 0.0303. The third-order valence-electron chi connectivity index (χ3n) is 13.5. The summed E-state index contributed by atoms with van der Waals surface area (Å²) in [6.07, 6.45) is 69.2. The summed E-state index contributed by atoms with van der Waals surface area (Å²) in [5.74, 6) is -0.0303. The van der Waals surface area contributed by atoms with E-state index in [1.54, 1.807) is 0 Å². The number of unbranched alkanes of at least 4 members (excludes halogenated alkanes) is 44. The lowest BCUT2D eigenvalue weighted by atomic mass is 10.0. The van der Waals surface area contributed by atoms with E-state index in [-0.39, 0.29) is 12.5 Å². The van der Waals surface area contributed by atoms with Gasteiger partial charge in [-0.05, 0) is 38.5 Å². The molecule has 0 aromatic heterocycles. The quantitative estimate of drug-likeness (QED) is 0.0421. The molecule has 0 fully saturated rings. The summed E-state index contributed by atoms with van der Waals surface area (Å²) in [5, 5.41) is 23.3. The molecule has 0 aliphatic rings. The van der Waals surface area contributed by atoms with Crippen molar-refractivity contribution in [3.63, 3.8) is 0 Å². The summed E-state index contributed by atoms with van der Waals surface area (Å²) in [6.45, 7) is 4.39. The van der Waals surface area contributed by atoms with Gasteiger partial charge in [-0.3, -0.25) is 4.79 Å². The highest BCUT2D eigenvalue weighted by molar-refractivity contribution is 5.76. The van der Waals surface area contributed by atoms with Gasteiger partial charge in [0.15, 0.2) is 0 Å². The molecule has 4 nitrogen and oxygen atoms in total. The Bertz CT molecular complexity index is 844. The van der Waals surface area contributed by atoms with Crippen LogP contribution in [0, 0.1) is 0 Å². The van der Waals surface area contributed by atoms with Gasteiger partial charge in [-0.25, -0.2) is 0 Å². The first-order valence-electron chi connectivity index (χ1n) is 28.4. The standard InChI is InChI=1S/C57H113NO3/c1-3-5-7-9-11-13-15-17-19-21-23-24-25-26-27-28-29-30-31-32-33-34-35-36-38-40-42-44-46-48-50-52-56(60)55(54-59)58-57(61)53-51-49-47-45-43-41-39-37-22-20-18-16-14-12-10-8-6-4-2/h20,22,55-56,59-60H,3-19,21,23-54H2,1-2H3,(H,58,61)/b22-20-. The second kappa shape index (κ2) is 53.5. The summed E-state index contributed by atoms with van der Waals surface area (Å²) in [5.41, 5.74) is 0. The van der Waals surface area contributed by atoms with E-state index in [1.165, 1.54) is 276 Å². The number of aliphatic hydroxyl groups is 2. The van der Waals surface area contributed by atoms with Crippen molar-refractivity contribution in [2.75, 3.05) is 6.61 Å². The lowest BCUT2D eigenvalue weighted by Crippen LogP contribution is -2.45. The van der Waals surface area contributed by atoms with Gasteiger partial charge in [0, 0.05) is 6.42 Å². The molecule has 1 amide bonds. The van der Waals surface area contributed by atoms with Crippen LogP contribution in [-0.2, 0) is 4.79 Å². The van der Waals surface area contributed by atoms with Crippen molar-refractivity contribution < 1.29 is 15.0 Å². The van der Waals surface area contributed by atoms with E-state index < -0.39 is 12.1 Å². The number of allylic oxidation sites excluding steroid dienone is 2. The van der Waals surface area contributed by atoms with Gasteiger partial charge in [0.2, 0.25) is 5.91 Å². The van der Waals surface area contributed by atoms with Crippen LogP contribution in [0.5, 0.6) is 0 Å². The van der Waals surface area contributed by atoms with E-state index >= 15 is 0 Å². The second-order valence-corrected chi connectivity index (χ2v) is 19.7. The van der Waals surface area contributed by atoms with Gasteiger partial charge in [0.25, 0.3) is 0 Å². The Labute approximate surface area is 384 Å². The summed E-state index contributed by atoms with van der Waals surface area (Å²) < 4.78 is 0. The number of carbonyl (C=O) groups is 1. The van der Waals surface area contributed by atoms with Crippen molar-refractivity contribution in [3.8, 4) is 0 Å². The van der Waals surface area contributed by atoms with Crippen molar-refractivity contribution in [1.82, 2.24) is 5.32 Å². The molecule has 3 N–H and O–H groups in total. The van der Waals surface area contributed by atoms with Crippen LogP contribution in [0.3, 0.4) is 0 Å². The molecule has 4 heteroatoms. The van der Waals surface area contributed by atoms with E-state index in [1.807, 2.05) is 0 Å². The largest absolute Gasteiger partial charge is 0.394 e. The molecule has 2 unspecified atom stereocenters. The molecule has 0 radical (unpaired) electrons. The zero-order valence-corrected chi connectivity index (χ0v) is 42.0. The number of amides is 1. The number of rotatable bonds is 53. The van der Waals surface area contributed by atoms with Crippen LogP contribution in [0.15, 0.2) is 12.2 Å². The lowest BCUT2D eigenvalue weighted by molar-refractivity contribution is -0.123. The van der Waals surface area contributed by atoms with Crippen LogP contribution in [0.2, 0.25) is 0 Å². The van der Waals surface area contributed by atoms with Gasteiger partial charge in [0.05, 0.1) is 18.8 Å². The maximum Gasteiger partial charge on any atom is 0.220 e. The zero-order chi connectivity index (χ0) is 44.2. The Kier molecular flexibility index (Phi) is 52.7. The molecule has 2 atom stereocenters. The molecule has 364 valence electrons. The van der Waals surface area contributed by atoms with Crippen LogP contribution in [0.4, 0.5) is 0 Å². The Morgan fingerprint density at radius 3 is 0.902 bits per heavy atom. The average molecular weight is 861 g/mol. The van der Waals surface area contributed by atoms with E-state index in [9.17, 15) is 15.0 Å². The van der Waals surface area contributed by atoms with Crippen LogP contribution in [0.1, 0.15) is 328 Å². The first-order valence-corrected chi connectivity index (χ1v) is 28.4. The Morgan fingerprint density at radius 1 is 0.377 bits per heavy atom. The predicted octanol–water partition coefficient (Wildman–Crippen LogP) is 18.5. The van der Waals surface area contributed by atoms with Gasteiger partial charge in [-0.1, -0.05) is 296 Å². The Hall–Kier alpha value is -0.870. The Morgan fingerprint density at radius 2 is 0.623 bits per heavy atom. The minimum atomic E-state index is -0.659. The predicted molar refractivity (Wildman–Crippen MR) is 272 cm³/mol. The van der Waals surface area contributed by atoms with Crippen LogP contribution >= 0.6 is 0 Å². The number of hydrogen-bond acceptors (Lipinski definition) is 3. The molecule has 0 saturated carbocycles. The average Bonchev–Trinajstić information content (AvgIpc) is 3.26. The highest BCUT2D eigenvalue weighted by Gasteiger charge is 2.20. The van der Waals surface area contributed by atoms with Gasteiger partial charge < -0.3 is 15.5 Å². The summed E-state index contributed by atoms with van der Waals surface area (Å²) in [4.78, 5) is 12.5. The normalized spacial score (nSPS) is 12.8. The number of hydrogen-bond donors (Lipinski definition) is 3. The maximum absolute atomic E-state index is 12.5. The van der Waals surface area contributed by atoms with Gasteiger partial charge in [-0.2, -0.15) is 0 Å². The summed E-state index contributed by atoms with van der Waals surface area (Å²) in [6, 6.07) is -0.536. The van der Waals surface area contributed by atoms with Gasteiger partial charge >= 0.3 is 0 Å². The summed E-state index contributed by atoms with van der Waals surface area (Å²) in [7, 11) is 0. The molecular formula is C57H113NO3. The van der Waals surface area contributed by atoms with Crippen LogP contribution < -0.4 is 5.32 Å². The molecule has 0 spiro atoms. The van der Waals surface area contributed by atoms with Gasteiger partial charge in [-0.15, -0.1) is 0 Å². The molecule has 0 bridgehead atoms. The highest BCUT2D eigenvalue weighted by Crippen LogP contribution is 2.18. The molecular weight excluding hydrogens is 747 g/mol. The van der Waals surface area contributed by atoms with E-state index in [4.69, 9.17) is 0 Å². The fourth-order valence-electron chi connectivity index (χ4n) is 9.18. The first-order chi connectivity index (χ1) is 30.2. The monoisotopic (exact) mass is 860 g/mol. The van der Waals surface area contributed by atoms with Crippen molar-refractivity contribution in [2.24, 2.45) is 0 Å². The highest BCUT2D eigenvalue weighted by atomic mass is 16.3. The lowest BCUT2D eigenvalue weighted by Gasteiger charge is -2.22. The zero-order valence-electron chi connectivity index (χ0n) is 42.0. The molecule has 0 aromatic rings. The van der Waals surface area contributed by atoms with Crippen molar-refractivity contribution in [3.05, 3.63) is 12.2 Å². The fourth-order valence-corrected chi connectivity index (χ4v) is 9.18. The van der Waals surface area contributed by atoms with E-state index in [0.717, 1.165) is 25.7 Å². The number of carbonyl (C=O) groups excluding carboxylic acids is 1. The maximum atomic E-state index is 12.5. The molecule has 0 rings (SSSR count). The van der Waals surface area contributed by atoms with E-state index in [0.29, 0.717) is 12.8 Å². The topological polar surface area (TPSA) is 69.6 Å². The van der Waals surface area contributed by atoms with Crippen molar-refractivity contribution in [1.29, 1.82) is 0 Å². The first kappa shape index (κ1) is 60.1. The van der Waals surface area contributed by atoms with E-state index in [2.05, 4.69) is 31.3 Å². The molecule has 0 aliphatic heterocycles. The number of nitrogens with one attached hydrogen (secondary N) is 1. The fraction of sp³-hybridized carbons (Fsp3) is 0.947. The molecule has 61 heavy (non-hydrogen) atoms. The van der Waals surface area contributed by atoms with Crippen LogP contribution in [-0.4, -0.2) is 34.9 Å². The van der Waals surface area contributed by atoms with Crippen LogP contribution in [0.25, 0.3) is 0 Å².